The van der Waals surface area contributed by atoms with Gasteiger partial charge in [-0.25, -0.2) is 0 Å². The molecular formula is C13H29N3O. The van der Waals surface area contributed by atoms with Crippen LogP contribution >= 0.6 is 0 Å². The number of aliphatic hydroxyl groups excluding tert-OH is 1. The first-order chi connectivity index (χ1) is 8.24. The van der Waals surface area contributed by atoms with Gasteiger partial charge in [0.2, 0.25) is 0 Å². The Hall–Kier alpha value is -0.160. The number of likely N-dealkylation sites (N-methyl/N-ethyl adjacent to an activating group) is 2. The Morgan fingerprint density at radius 2 is 2.06 bits per heavy atom. The van der Waals surface area contributed by atoms with Gasteiger partial charge in [-0.2, -0.15) is 0 Å². The van der Waals surface area contributed by atoms with Crippen LogP contribution in [0.4, 0.5) is 0 Å². The second-order valence-electron chi connectivity index (χ2n) is 4.86. The molecule has 0 saturated carbocycles. The molecule has 4 heteroatoms. The highest BCUT2D eigenvalue weighted by Gasteiger charge is 2.27. The van der Waals surface area contributed by atoms with Crippen LogP contribution in [-0.2, 0) is 0 Å². The van der Waals surface area contributed by atoms with E-state index in [0.717, 1.165) is 32.7 Å². The maximum Gasteiger partial charge on any atom is 0.0597 e. The van der Waals surface area contributed by atoms with E-state index < -0.39 is 0 Å². The van der Waals surface area contributed by atoms with E-state index in [0.29, 0.717) is 6.04 Å². The summed E-state index contributed by atoms with van der Waals surface area (Å²) in [4.78, 5) is 5.02. The van der Waals surface area contributed by atoms with Crippen LogP contribution in [0.1, 0.15) is 27.2 Å². The summed E-state index contributed by atoms with van der Waals surface area (Å²) in [5, 5.41) is 12.6. The predicted octanol–water partition coefficient (Wildman–Crippen LogP) is 0.373. The summed E-state index contributed by atoms with van der Waals surface area (Å²) < 4.78 is 0. The summed E-state index contributed by atoms with van der Waals surface area (Å²) in [5.41, 5.74) is 0. The molecule has 102 valence electrons. The zero-order chi connectivity index (χ0) is 12.7. The van der Waals surface area contributed by atoms with Crippen molar-refractivity contribution in [1.82, 2.24) is 15.1 Å². The summed E-state index contributed by atoms with van der Waals surface area (Å²) in [6.45, 7) is 13.3. The van der Waals surface area contributed by atoms with Crippen LogP contribution in [0, 0.1) is 0 Å². The van der Waals surface area contributed by atoms with Gasteiger partial charge >= 0.3 is 0 Å². The van der Waals surface area contributed by atoms with E-state index in [1.54, 1.807) is 0 Å². The number of rotatable bonds is 8. The van der Waals surface area contributed by atoms with Gasteiger partial charge in [0, 0.05) is 25.2 Å². The lowest BCUT2D eigenvalue weighted by Gasteiger charge is -2.27. The molecule has 2 N–H and O–H groups in total. The summed E-state index contributed by atoms with van der Waals surface area (Å²) in [7, 11) is 0. The number of likely N-dealkylation sites (tertiary alicyclic amines) is 1. The third-order valence-corrected chi connectivity index (χ3v) is 3.77. The maximum absolute atomic E-state index is 9.29. The highest BCUT2D eigenvalue weighted by Crippen LogP contribution is 2.15. The van der Waals surface area contributed by atoms with E-state index in [2.05, 4.69) is 35.9 Å². The van der Waals surface area contributed by atoms with Crippen molar-refractivity contribution < 1.29 is 5.11 Å². The molecule has 1 aliphatic heterocycles. The molecule has 1 fully saturated rings. The fourth-order valence-corrected chi connectivity index (χ4v) is 2.80. The molecule has 1 heterocycles. The molecule has 0 bridgehead atoms. The van der Waals surface area contributed by atoms with E-state index in [1.165, 1.54) is 13.0 Å². The van der Waals surface area contributed by atoms with E-state index in [-0.39, 0.29) is 12.6 Å². The monoisotopic (exact) mass is 243 g/mol. The first-order valence-electron chi connectivity index (χ1n) is 7.05. The van der Waals surface area contributed by atoms with Crippen LogP contribution in [-0.4, -0.2) is 72.9 Å². The lowest BCUT2D eigenvalue weighted by Crippen LogP contribution is -2.44. The highest BCUT2D eigenvalue weighted by atomic mass is 16.3. The first kappa shape index (κ1) is 14.9. The Kier molecular flexibility index (Phi) is 7.04. The molecule has 2 atom stereocenters. The molecule has 4 nitrogen and oxygen atoms in total. The third-order valence-electron chi connectivity index (χ3n) is 3.77. The normalized spacial score (nSPS) is 23.5. The van der Waals surface area contributed by atoms with Crippen molar-refractivity contribution in [3.63, 3.8) is 0 Å². The van der Waals surface area contributed by atoms with Gasteiger partial charge in [-0.15, -0.1) is 0 Å². The zero-order valence-electron chi connectivity index (χ0n) is 11.7. The van der Waals surface area contributed by atoms with Crippen molar-refractivity contribution in [1.29, 1.82) is 0 Å². The van der Waals surface area contributed by atoms with E-state index in [9.17, 15) is 5.11 Å². The number of nitrogens with zero attached hydrogens (tertiary/aromatic N) is 2. The molecule has 0 aromatic rings. The van der Waals surface area contributed by atoms with Crippen LogP contribution in [0.5, 0.6) is 0 Å². The van der Waals surface area contributed by atoms with Crippen molar-refractivity contribution in [2.45, 2.75) is 39.3 Å². The zero-order valence-corrected chi connectivity index (χ0v) is 11.7. The quantitative estimate of drug-likeness (QED) is 0.646. The Labute approximate surface area is 106 Å². The molecule has 0 aromatic carbocycles. The van der Waals surface area contributed by atoms with E-state index >= 15 is 0 Å². The molecule has 1 rings (SSSR count). The summed E-state index contributed by atoms with van der Waals surface area (Å²) in [5.74, 6) is 0. The molecule has 0 radical (unpaired) electrons. The van der Waals surface area contributed by atoms with Crippen LogP contribution in [0.3, 0.4) is 0 Å². The molecule has 1 saturated heterocycles. The molecular weight excluding hydrogens is 214 g/mol. The lowest BCUT2D eigenvalue weighted by molar-refractivity contribution is 0.180. The standard InChI is InChI=1S/C13H29N3O/c1-4-14-12(11-17)9-15-8-7-13(10-15)16(5-2)6-3/h12-14,17H,4-11H2,1-3H3. The number of hydrogen-bond donors (Lipinski definition) is 2. The van der Waals surface area contributed by atoms with Crippen molar-refractivity contribution in [3.8, 4) is 0 Å². The van der Waals surface area contributed by atoms with Gasteiger partial charge in [-0.1, -0.05) is 20.8 Å². The van der Waals surface area contributed by atoms with Gasteiger partial charge in [0.25, 0.3) is 0 Å². The average Bonchev–Trinajstić information content (AvgIpc) is 2.79. The Bertz CT molecular complexity index is 197. The van der Waals surface area contributed by atoms with Crippen molar-refractivity contribution in [3.05, 3.63) is 0 Å². The fraction of sp³-hybridized carbons (Fsp3) is 1.00. The number of nitrogens with one attached hydrogen (secondary N) is 1. The molecule has 0 aliphatic carbocycles. The van der Waals surface area contributed by atoms with Crippen LogP contribution in [0.2, 0.25) is 0 Å². The summed E-state index contributed by atoms with van der Waals surface area (Å²) in [6.07, 6.45) is 1.27. The average molecular weight is 243 g/mol. The van der Waals surface area contributed by atoms with E-state index in [1.807, 2.05) is 0 Å². The molecule has 17 heavy (non-hydrogen) atoms. The number of hydrogen-bond acceptors (Lipinski definition) is 4. The van der Waals surface area contributed by atoms with Gasteiger partial charge in [-0.05, 0) is 32.6 Å². The minimum atomic E-state index is 0.232. The van der Waals surface area contributed by atoms with Crippen molar-refractivity contribution in [2.75, 3.05) is 45.9 Å². The van der Waals surface area contributed by atoms with Gasteiger partial charge in [0.1, 0.15) is 0 Å². The summed E-state index contributed by atoms with van der Waals surface area (Å²) >= 11 is 0. The minimum absolute atomic E-state index is 0.232. The number of aliphatic hydroxyl groups is 1. The van der Waals surface area contributed by atoms with Crippen molar-refractivity contribution in [2.24, 2.45) is 0 Å². The van der Waals surface area contributed by atoms with Gasteiger partial charge in [-0.3, -0.25) is 4.90 Å². The molecule has 0 spiro atoms. The SMILES string of the molecule is CCNC(CO)CN1CCC(N(CC)CC)C1. The van der Waals surface area contributed by atoms with Crippen LogP contribution < -0.4 is 5.32 Å². The maximum atomic E-state index is 9.29. The summed E-state index contributed by atoms with van der Waals surface area (Å²) in [6, 6.07) is 0.946. The first-order valence-corrected chi connectivity index (χ1v) is 7.05. The van der Waals surface area contributed by atoms with Crippen molar-refractivity contribution >= 4 is 0 Å². The van der Waals surface area contributed by atoms with Gasteiger partial charge < -0.3 is 15.3 Å². The Morgan fingerprint density at radius 3 is 2.59 bits per heavy atom. The lowest BCUT2D eigenvalue weighted by atomic mass is 10.2. The van der Waals surface area contributed by atoms with E-state index in [4.69, 9.17) is 0 Å². The van der Waals surface area contributed by atoms with Gasteiger partial charge in [0.05, 0.1) is 6.61 Å². The Morgan fingerprint density at radius 1 is 1.35 bits per heavy atom. The Balaban J connectivity index is 2.33. The second-order valence-corrected chi connectivity index (χ2v) is 4.86. The molecule has 2 unspecified atom stereocenters. The van der Waals surface area contributed by atoms with Crippen LogP contribution in [0.25, 0.3) is 0 Å². The molecule has 0 amide bonds. The predicted molar refractivity (Wildman–Crippen MR) is 72.3 cm³/mol. The fourth-order valence-electron chi connectivity index (χ4n) is 2.80. The second kappa shape index (κ2) is 8.03. The van der Waals surface area contributed by atoms with Crippen LogP contribution in [0.15, 0.2) is 0 Å². The largest absolute Gasteiger partial charge is 0.395 e. The van der Waals surface area contributed by atoms with Gasteiger partial charge in [0.15, 0.2) is 0 Å². The third kappa shape index (κ3) is 4.54. The molecule has 1 aliphatic rings. The topological polar surface area (TPSA) is 38.7 Å². The smallest absolute Gasteiger partial charge is 0.0597 e. The minimum Gasteiger partial charge on any atom is -0.395 e. The molecule has 0 aromatic heterocycles. The highest BCUT2D eigenvalue weighted by molar-refractivity contribution is 4.84.